The number of aromatic nitrogens is 1. The van der Waals surface area contributed by atoms with Gasteiger partial charge in [0.15, 0.2) is 5.78 Å². The van der Waals surface area contributed by atoms with Gasteiger partial charge in [-0.3, -0.25) is 4.79 Å². The molecule has 0 amide bonds. The number of carboxylic acids is 1. The molecule has 1 heterocycles. The molecule has 4 aromatic rings. The summed E-state index contributed by atoms with van der Waals surface area (Å²) in [7, 11) is 3.95. The molecule has 0 atom stereocenters. The van der Waals surface area contributed by atoms with Gasteiger partial charge in [0.05, 0.1) is 22.5 Å². The smallest absolute Gasteiger partial charge is 0.338 e. The van der Waals surface area contributed by atoms with E-state index >= 15 is 0 Å². The van der Waals surface area contributed by atoms with Gasteiger partial charge in [-0.25, -0.2) is 9.78 Å². The lowest BCUT2D eigenvalue weighted by Crippen LogP contribution is -2.10. The van der Waals surface area contributed by atoms with Crippen LogP contribution >= 0.6 is 0 Å². The normalized spacial score (nSPS) is 12.0. The first-order valence-electron chi connectivity index (χ1n) is 10.9. The van der Waals surface area contributed by atoms with Crippen LogP contribution in [0.5, 0.6) is 0 Å². The van der Waals surface area contributed by atoms with Crippen LogP contribution in [0.3, 0.4) is 0 Å². The maximum Gasteiger partial charge on any atom is 0.338 e. The zero-order chi connectivity index (χ0) is 23.8. The van der Waals surface area contributed by atoms with E-state index in [0.717, 1.165) is 16.8 Å². The summed E-state index contributed by atoms with van der Waals surface area (Å²) in [5.41, 5.74) is 5.53. The third-order valence-electron chi connectivity index (χ3n) is 6.00. The largest absolute Gasteiger partial charge is 0.478 e. The molecule has 166 valence electrons. The molecule has 0 spiro atoms. The number of benzene rings is 3. The van der Waals surface area contributed by atoms with Gasteiger partial charge in [0.2, 0.25) is 0 Å². The van der Waals surface area contributed by atoms with Gasteiger partial charge in [0.1, 0.15) is 0 Å². The minimum absolute atomic E-state index is 0.0206. The Kier molecular flexibility index (Phi) is 5.30. The molecule has 0 saturated carbocycles. The van der Waals surface area contributed by atoms with Crippen LogP contribution in [0.4, 0.5) is 5.69 Å². The van der Waals surface area contributed by atoms with Crippen LogP contribution in [-0.4, -0.2) is 35.9 Å². The highest BCUT2D eigenvalue weighted by atomic mass is 16.4. The van der Waals surface area contributed by atoms with E-state index in [9.17, 15) is 14.7 Å². The molecule has 0 fully saturated rings. The monoisotopic (exact) mass is 446 g/mol. The number of anilines is 1. The number of carboxylic acid groups (broad SMARTS) is 1. The van der Waals surface area contributed by atoms with E-state index in [2.05, 4.69) is 0 Å². The Hall–Kier alpha value is -4.51. The van der Waals surface area contributed by atoms with Gasteiger partial charge in [-0.1, -0.05) is 72.8 Å². The maximum absolute atomic E-state index is 13.4. The predicted molar refractivity (Wildman–Crippen MR) is 135 cm³/mol. The van der Waals surface area contributed by atoms with Crippen LogP contribution in [0.15, 0.2) is 78.9 Å². The first-order valence-corrected chi connectivity index (χ1v) is 10.9. The third-order valence-corrected chi connectivity index (χ3v) is 6.00. The molecule has 5 rings (SSSR count). The van der Waals surface area contributed by atoms with Gasteiger partial charge < -0.3 is 10.0 Å². The van der Waals surface area contributed by atoms with Crippen molar-refractivity contribution in [3.8, 4) is 22.4 Å². The van der Waals surface area contributed by atoms with Gasteiger partial charge in [0.25, 0.3) is 0 Å². The van der Waals surface area contributed by atoms with Gasteiger partial charge in [-0.05, 0) is 29.3 Å². The number of fused-ring (bicyclic) bond motifs is 3. The Morgan fingerprint density at radius 2 is 1.47 bits per heavy atom. The highest BCUT2D eigenvalue weighted by Gasteiger charge is 2.35. The predicted octanol–water partition coefficient (Wildman–Crippen LogP) is 5.89. The van der Waals surface area contributed by atoms with Crippen LogP contribution in [0, 0.1) is 0 Å². The number of rotatable bonds is 5. The van der Waals surface area contributed by atoms with Crippen molar-refractivity contribution in [3.63, 3.8) is 0 Å². The van der Waals surface area contributed by atoms with Gasteiger partial charge in [-0.15, -0.1) is 0 Å². The average Bonchev–Trinajstić information content (AvgIpc) is 3.14. The lowest BCUT2D eigenvalue weighted by molar-refractivity contribution is 0.0697. The molecule has 0 unspecified atom stereocenters. The number of pyridine rings is 1. The second kappa shape index (κ2) is 8.45. The van der Waals surface area contributed by atoms with Crippen molar-refractivity contribution < 1.29 is 14.7 Å². The van der Waals surface area contributed by atoms with Crippen LogP contribution < -0.4 is 4.90 Å². The molecule has 34 heavy (non-hydrogen) atoms. The minimum Gasteiger partial charge on any atom is -0.478 e. The van der Waals surface area contributed by atoms with E-state index in [0.29, 0.717) is 33.6 Å². The Balaban J connectivity index is 1.75. The quantitative estimate of drug-likeness (QED) is 0.364. The number of ketones is 1. The van der Waals surface area contributed by atoms with Crippen LogP contribution in [0.1, 0.15) is 37.5 Å². The van der Waals surface area contributed by atoms with Crippen molar-refractivity contribution in [2.45, 2.75) is 0 Å². The fourth-order valence-corrected chi connectivity index (χ4v) is 4.33. The number of aromatic carboxylic acids is 1. The fourth-order valence-electron chi connectivity index (χ4n) is 4.33. The first-order chi connectivity index (χ1) is 16.5. The van der Waals surface area contributed by atoms with Crippen molar-refractivity contribution >= 4 is 29.6 Å². The number of carbonyl (C=O) groups excluding carboxylic acids is 1. The van der Waals surface area contributed by atoms with Crippen molar-refractivity contribution in [3.05, 3.63) is 107 Å². The zero-order valence-corrected chi connectivity index (χ0v) is 18.8. The molecule has 5 heteroatoms. The molecule has 1 aliphatic rings. The molecule has 0 bridgehead atoms. The minimum atomic E-state index is -1.12. The Morgan fingerprint density at radius 1 is 0.824 bits per heavy atom. The van der Waals surface area contributed by atoms with E-state index in [4.69, 9.17) is 4.98 Å². The van der Waals surface area contributed by atoms with E-state index in [1.165, 1.54) is 0 Å². The average molecular weight is 447 g/mol. The van der Waals surface area contributed by atoms with E-state index in [1.54, 1.807) is 18.2 Å². The molecule has 0 radical (unpaired) electrons. The lowest BCUT2D eigenvalue weighted by Gasteiger charge is -2.14. The Morgan fingerprint density at radius 3 is 2.12 bits per heavy atom. The molecular weight excluding hydrogens is 424 g/mol. The Labute approximate surface area is 197 Å². The van der Waals surface area contributed by atoms with Crippen LogP contribution in [0.2, 0.25) is 0 Å². The van der Waals surface area contributed by atoms with Crippen molar-refractivity contribution in [1.29, 1.82) is 0 Å². The molecule has 0 saturated heterocycles. The highest BCUT2D eigenvalue weighted by Crippen LogP contribution is 2.43. The van der Waals surface area contributed by atoms with Crippen molar-refractivity contribution in [1.82, 2.24) is 4.98 Å². The number of hydrogen-bond acceptors (Lipinski definition) is 4. The first kappa shape index (κ1) is 21.3. The topological polar surface area (TPSA) is 70.5 Å². The number of carbonyl (C=O) groups is 2. The maximum atomic E-state index is 13.4. The molecular formula is C29H22N2O3. The van der Waals surface area contributed by atoms with Crippen molar-refractivity contribution in [2.24, 2.45) is 0 Å². The second-order valence-electron chi connectivity index (χ2n) is 8.34. The van der Waals surface area contributed by atoms with Gasteiger partial charge in [-0.2, -0.15) is 0 Å². The van der Waals surface area contributed by atoms with E-state index in [-0.39, 0.29) is 11.3 Å². The molecule has 0 aliphatic heterocycles. The zero-order valence-electron chi connectivity index (χ0n) is 18.8. The van der Waals surface area contributed by atoms with E-state index in [1.807, 2.05) is 91.8 Å². The SMILES string of the molecule is CN(C)c1ccc(C=Cc2nc3c(c(-c4ccccc4)c2C(=O)O)C(=O)c2ccccc2-3)cc1. The van der Waals surface area contributed by atoms with E-state index < -0.39 is 5.97 Å². The summed E-state index contributed by atoms with van der Waals surface area (Å²) < 4.78 is 0. The second-order valence-corrected chi connectivity index (χ2v) is 8.34. The summed E-state index contributed by atoms with van der Waals surface area (Å²) >= 11 is 0. The summed E-state index contributed by atoms with van der Waals surface area (Å²) in [5.74, 6) is -1.32. The molecule has 5 nitrogen and oxygen atoms in total. The number of nitrogens with zero attached hydrogens (tertiary/aromatic N) is 2. The molecule has 1 aromatic heterocycles. The summed E-state index contributed by atoms with van der Waals surface area (Å²) in [4.78, 5) is 32.6. The fraction of sp³-hybridized carbons (Fsp3) is 0.0690. The summed E-state index contributed by atoms with van der Waals surface area (Å²) in [6, 6.07) is 24.4. The van der Waals surface area contributed by atoms with Crippen LogP contribution in [0.25, 0.3) is 34.5 Å². The number of hydrogen-bond donors (Lipinski definition) is 1. The Bertz CT molecular complexity index is 1450. The highest BCUT2D eigenvalue weighted by molar-refractivity contribution is 6.25. The standard InChI is InChI=1S/C29H22N2O3/c1-31(2)20-15-12-18(13-16-20)14-17-23-25(29(33)34)24(19-8-4-3-5-9-19)26-27(30-23)21-10-6-7-11-22(21)28(26)32/h3-17H,1-2H3,(H,33,34). The molecule has 1 aliphatic carbocycles. The van der Waals surface area contributed by atoms with Gasteiger partial charge in [0, 0.05) is 36.5 Å². The molecule has 1 N–H and O–H groups in total. The van der Waals surface area contributed by atoms with Crippen LogP contribution in [-0.2, 0) is 0 Å². The summed E-state index contributed by atoms with van der Waals surface area (Å²) in [5, 5.41) is 10.2. The summed E-state index contributed by atoms with van der Waals surface area (Å²) in [6.45, 7) is 0. The lowest BCUT2D eigenvalue weighted by atomic mass is 9.91. The summed E-state index contributed by atoms with van der Waals surface area (Å²) in [6.07, 6.45) is 3.56. The third kappa shape index (κ3) is 3.57. The van der Waals surface area contributed by atoms with Crippen molar-refractivity contribution in [2.75, 3.05) is 19.0 Å². The van der Waals surface area contributed by atoms with Gasteiger partial charge >= 0.3 is 5.97 Å². The molecule has 3 aromatic carbocycles.